The molecule has 0 aliphatic rings. The first kappa shape index (κ1) is 18.3. The van der Waals surface area contributed by atoms with E-state index in [9.17, 15) is 14.0 Å². The van der Waals surface area contributed by atoms with Gasteiger partial charge in [0.05, 0.1) is 12.2 Å². The van der Waals surface area contributed by atoms with Crippen molar-refractivity contribution in [3.63, 3.8) is 0 Å². The van der Waals surface area contributed by atoms with Gasteiger partial charge in [0.15, 0.2) is 0 Å². The Morgan fingerprint density at radius 2 is 1.67 bits per heavy atom. The van der Waals surface area contributed by atoms with Crippen LogP contribution in [0, 0.1) is 5.82 Å². The Morgan fingerprint density at radius 1 is 1.00 bits per heavy atom. The van der Waals surface area contributed by atoms with Crippen molar-refractivity contribution in [3.05, 3.63) is 70.5 Å². The monoisotopic (exact) mass is 366 g/mol. The number of carbonyl (C=O) groups is 2. The van der Waals surface area contributed by atoms with Crippen molar-refractivity contribution >= 4 is 35.2 Å². The van der Waals surface area contributed by atoms with Gasteiger partial charge in [-0.3, -0.25) is 20.4 Å². The highest BCUT2D eigenvalue weighted by Crippen LogP contribution is 2.20. The fourth-order valence-electron chi connectivity index (χ4n) is 1.88. The van der Waals surface area contributed by atoms with Crippen molar-refractivity contribution in [2.24, 2.45) is 0 Å². The summed E-state index contributed by atoms with van der Waals surface area (Å²) in [5.74, 6) is -0.229. The Hall–Kier alpha value is -2.05. The fraction of sp³-hybridized carbons (Fsp3) is 0.176. The summed E-state index contributed by atoms with van der Waals surface area (Å²) in [5, 5.41) is 0.665. The van der Waals surface area contributed by atoms with Crippen LogP contribution in [0.25, 0.3) is 0 Å². The predicted molar refractivity (Wildman–Crippen MR) is 94.0 cm³/mol. The number of hydrogen-bond acceptors (Lipinski definition) is 3. The van der Waals surface area contributed by atoms with Crippen LogP contribution in [0.15, 0.2) is 48.5 Å². The van der Waals surface area contributed by atoms with Crippen molar-refractivity contribution in [1.29, 1.82) is 0 Å². The topological polar surface area (TPSA) is 58.2 Å². The van der Waals surface area contributed by atoms with E-state index in [0.717, 1.165) is 5.56 Å². The van der Waals surface area contributed by atoms with Gasteiger partial charge in [0.2, 0.25) is 11.8 Å². The smallest absolute Gasteiger partial charge is 0.248 e. The van der Waals surface area contributed by atoms with Crippen LogP contribution in [0.3, 0.4) is 0 Å². The van der Waals surface area contributed by atoms with Crippen LogP contribution in [0.5, 0.6) is 0 Å². The van der Waals surface area contributed by atoms with Crippen molar-refractivity contribution in [3.8, 4) is 0 Å². The third-order valence-corrected chi connectivity index (χ3v) is 4.42. The van der Waals surface area contributed by atoms with Gasteiger partial charge in [0.25, 0.3) is 0 Å². The molecule has 2 aromatic carbocycles. The lowest BCUT2D eigenvalue weighted by atomic mass is 10.1. The summed E-state index contributed by atoms with van der Waals surface area (Å²) >= 11 is 7.43. The molecule has 0 unspecified atom stereocenters. The van der Waals surface area contributed by atoms with Crippen LogP contribution in [-0.2, 0) is 21.8 Å². The minimum Gasteiger partial charge on any atom is -0.273 e. The second-order valence-electron chi connectivity index (χ2n) is 4.98. The lowest BCUT2D eigenvalue weighted by Crippen LogP contribution is -2.43. The third kappa shape index (κ3) is 6.22. The van der Waals surface area contributed by atoms with Gasteiger partial charge >= 0.3 is 0 Å². The summed E-state index contributed by atoms with van der Waals surface area (Å²) in [6.45, 7) is 0. The van der Waals surface area contributed by atoms with Gasteiger partial charge in [0, 0.05) is 10.8 Å². The second kappa shape index (κ2) is 9.30. The number of halogens is 2. The largest absolute Gasteiger partial charge is 0.273 e. The highest BCUT2D eigenvalue weighted by Gasteiger charge is 2.07. The molecule has 0 fully saturated rings. The molecule has 7 heteroatoms. The maximum Gasteiger partial charge on any atom is 0.248 e. The average molecular weight is 367 g/mol. The molecule has 2 aromatic rings. The Kier molecular flexibility index (Phi) is 7.08. The first-order valence-electron chi connectivity index (χ1n) is 7.18. The van der Waals surface area contributed by atoms with E-state index in [1.165, 1.54) is 36.0 Å². The number of benzene rings is 2. The molecule has 0 radical (unpaired) electrons. The molecular weight excluding hydrogens is 351 g/mol. The summed E-state index contributed by atoms with van der Waals surface area (Å²) < 4.78 is 12.8. The summed E-state index contributed by atoms with van der Waals surface area (Å²) in [6.07, 6.45) is 0.0628. The lowest BCUT2D eigenvalue weighted by molar-refractivity contribution is -0.127. The number of carbonyl (C=O) groups excluding carboxylic acids is 2. The second-order valence-corrected chi connectivity index (χ2v) is 6.38. The van der Waals surface area contributed by atoms with Crippen LogP contribution in [-0.4, -0.2) is 17.6 Å². The fourth-order valence-corrected chi connectivity index (χ4v) is 2.99. The first-order chi connectivity index (χ1) is 11.5. The van der Waals surface area contributed by atoms with Gasteiger partial charge in [-0.25, -0.2) is 4.39 Å². The summed E-state index contributed by atoms with van der Waals surface area (Å²) in [4.78, 5) is 23.4. The van der Waals surface area contributed by atoms with Gasteiger partial charge in [-0.05, 0) is 29.3 Å². The molecule has 24 heavy (non-hydrogen) atoms. The highest BCUT2D eigenvalue weighted by molar-refractivity contribution is 7.99. The highest BCUT2D eigenvalue weighted by atomic mass is 35.5. The molecule has 0 aliphatic carbocycles. The van der Waals surface area contributed by atoms with E-state index in [2.05, 4.69) is 10.9 Å². The van der Waals surface area contributed by atoms with Crippen LogP contribution in [0.1, 0.15) is 11.1 Å². The van der Waals surface area contributed by atoms with Gasteiger partial charge in [-0.1, -0.05) is 41.9 Å². The van der Waals surface area contributed by atoms with Crippen molar-refractivity contribution in [2.75, 3.05) is 5.75 Å². The molecule has 0 bridgehead atoms. The number of rotatable bonds is 6. The minimum atomic E-state index is -0.369. The van der Waals surface area contributed by atoms with Gasteiger partial charge < -0.3 is 0 Å². The number of hydrazine groups is 1. The molecular formula is C17H16ClFN2O2S. The molecule has 2 N–H and O–H groups in total. The SMILES string of the molecule is O=C(CSCc1ccccc1Cl)NNC(=O)Cc1ccc(F)cc1. The molecule has 2 rings (SSSR count). The zero-order chi connectivity index (χ0) is 17.4. The Balaban J connectivity index is 1.66. The van der Waals surface area contributed by atoms with Crippen LogP contribution in [0.4, 0.5) is 4.39 Å². The predicted octanol–water partition coefficient (Wildman–Crippen LogP) is 3.10. The Morgan fingerprint density at radius 3 is 2.38 bits per heavy atom. The van der Waals surface area contributed by atoms with E-state index in [1.54, 1.807) is 6.07 Å². The molecule has 4 nitrogen and oxygen atoms in total. The van der Waals surface area contributed by atoms with E-state index in [-0.39, 0.29) is 29.8 Å². The average Bonchev–Trinajstić information content (AvgIpc) is 2.57. The molecule has 0 heterocycles. The standard InChI is InChI=1S/C17H16ClFN2O2S/c18-15-4-2-1-3-13(15)10-24-11-17(23)21-20-16(22)9-12-5-7-14(19)8-6-12/h1-8H,9-11H2,(H,20,22)(H,21,23). The number of nitrogens with one attached hydrogen (secondary N) is 2. The zero-order valence-electron chi connectivity index (χ0n) is 12.7. The maximum atomic E-state index is 12.8. The van der Waals surface area contributed by atoms with Crippen LogP contribution < -0.4 is 10.9 Å². The first-order valence-corrected chi connectivity index (χ1v) is 8.71. The van der Waals surface area contributed by atoms with E-state index in [4.69, 9.17) is 11.6 Å². The third-order valence-electron chi connectivity index (χ3n) is 3.07. The molecule has 0 aromatic heterocycles. The molecule has 0 saturated heterocycles. The Bertz CT molecular complexity index is 710. The van der Waals surface area contributed by atoms with E-state index >= 15 is 0 Å². The molecule has 2 amide bonds. The number of amides is 2. The molecule has 0 aliphatic heterocycles. The van der Waals surface area contributed by atoms with E-state index in [0.29, 0.717) is 16.3 Å². The van der Waals surface area contributed by atoms with Crippen molar-refractivity contribution in [2.45, 2.75) is 12.2 Å². The molecule has 0 atom stereocenters. The zero-order valence-corrected chi connectivity index (χ0v) is 14.3. The Labute approximate surface area is 148 Å². The maximum absolute atomic E-state index is 12.8. The number of thioether (sulfide) groups is 1. The van der Waals surface area contributed by atoms with Crippen molar-refractivity contribution in [1.82, 2.24) is 10.9 Å². The van der Waals surface area contributed by atoms with Gasteiger partial charge in [-0.15, -0.1) is 11.8 Å². The quantitative estimate of drug-likeness (QED) is 0.772. The lowest BCUT2D eigenvalue weighted by Gasteiger charge is -2.08. The van der Waals surface area contributed by atoms with Crippen molar-refractivity contribution < 1.29 is 14.0 Å². The van der Waals surface area contributed by atoms with E-state index < -0.39 is 0 Å². The molecule has 126 valence electrons. The normalized spacial score (nSPS) is 10.2. The van der Waals surface area contributed by atoms with Gasteiger partial charge in [-0.2, -0.15) is 0 Å². The molecule has 0 spiro atoms. The van der Waals surface area contributed by atoms with Gasteiger partial charge in [0.1, 0.15) is 5.82 Å². The van der Waals surface area contributed by atoms with Crippen LogP contribution >= 0.6 is 23.4 Å². The van der Waals surface area contributed by atoms with Crippen LogP contribution in [0.2, 0.25) is 5.02 Å². The minimum absolute atomic E-state index is 0.0628. The summed E-state index contributed by atoms with van der Waals surface area (Å²) in [5.41, 5.74) is 6.30. The number of hydrogen-bond donors (Lipinski definition) is 2. The summed E-state index contributed by atoms with van der Waals surface area (Å²) in [6, 6.07) is 13.0. The molecule has 0 saturated carbocycles. The van der Waals surface area contributed by atoms with E-state index in [1.807, 2.05) is 18.2 Å². The summed E-state index contributed by atoms with van der Waals surface area (Å²) in [7, 11) is 0.